The molecule has 22 heavy (non-hydrogen) atoms. The quantitative estimate of drug-likeness (QED) is 0.779. The molecule has 0 aromatic carbocycles. The highest BCUT2D eigenvalue weighted by atomic mass is 16.6. The Kier molecular flexibility index (Phi) is 5.13. The van der Waals surface area contributed by atoms with Crippen LogP contribution in [0.4, 0.5) is 4.79 Å². The molecule has 0 unspecified atom stereocenters. The van der Waals surface area contributed by atoms with Crippen LogP contribution < -0.4 is 5.46 Å². The Hall–Kier alpha value is -1.54. The minimum Gasteiger partial charge on any atom is -0.444 e. The zero-order valence-corrected chi connectivity index (χ0v) is 13.4. The van der Waals surface area contributed by atoms with Crippen molar-refractivity contribution in [1.82, 2.24) is 14.7 Å². The van der Waals surface area contributed by atoms with Gasteiger partial charge in [-0.25, -0.2) is 4.79 Å². The molecule has 1 aliphatic rings. The molecule has 1 aliphatic heterocycles. The van der Waals surface area contributed by atoms with Crippen molar-refractivity contribution in [3.8, 4) is 0 Å². The molecule has 1 amide bonds. The number of nitrogens with zero attached hydrogens (tertiary/aromatic N) is 3. The molecule has 1 aromatic rings. The minimum absolute atomic E-state index is 0.254. The van der Waals surface area contributed by atoms with Gasteiger partial charge >= 0.3 is 13.2 Å². The third-order valence-electron chi connectivity index (χ3n) is 3.66. The Labute approximate surface area is 131 Å². The lowest BCUT2D eigenvalue weighted by molar-refractivity contribution is 0.0177. The van der Waals surface area contributed by atoms with Crippen LogP contribution in [0.3, 0.4) is 0 Å². The molecule has 0 radical (unpaired) electrons. The van der Waals surface area contributed by atoms with Gasteiger partial charge in [0.2, 0.25) is 0 Å². The summed E-state index contributed by atoms with van der Waals surface area (Å²) < 4.78 is 7.10. The zero-order chi connectivity index (χ0) is 16.3. The summed E-state index contributed by atoms with van der Waals surface area (Å²) in [5.41, 5.74) is -0.0731. The van der Waals surface area contributed by atoms with Crippen molar-refractivity contribution >= 4 is 18.7 Å². The molecule has 2 rings (SSSR count). The van der Waals surface area contributed by atoms with Crippen LogP contribution in [-0.2, 0) is 11.3 Å². The molecule has 0 spiro atoms. The van der Waals surface area contributed by atoms with Crippen LogP contribution >= 0.6 is 0 Å². The van der Waals surface area contributed by atoms with Gasteiger partial charge in [0, 0.05) is 37.5 Å². The van der Waals surface area contributed by atoms with Gasteiger partial charge in [-0.2, -0.15) is 5.10 Å². The average Bonchev–Trinajstić information content (AvgIpc) is 2.86. The number of piperidine rings is 1. The van der Waals surface area contributed by atoms with Crippen LogP contribution in [0.25, 0.3) is 0 Å². The van der Waals surface area contributed by atoms with Crippen LogP contribution in [-0.4, -0.2) is 56.6 Å². The number of carbonyl (C=O) groups is 1. The van der Waals surface area contributed by atoms with E-state index in [1.807, 2.05) is 20.8 Å². The van der Waals surface area contributed by atoms with Crippen molar-refractivity contribution < 1.29 is 19.6 Å². The number of rotatable bonds is 3. The van der Waals surface area contributed by atoms with Crippen LogP contribution in [0.5, 0.6) is 0 Å². The number of hydrogen-bond donors (Lipinski definition) is 2. The lowest BCUT2D eigenvalue weighted by Gasteiger charge is -2.33. The molecule has 122 valence electrons. The van der Waals surface area contributed by atoms with Crippen LogP contribution in [0.2, 0.25) is 0 Å². The van der Waals surface area contributed by atoms with E-state index in [-0.39, 0.29) is 6.09 Å². The summed E-state index contributed by atoms with van der Waals surface area (Å²) >= 11 is 0. The topological polar surface area (TPSA) is 87.8 Å². The van der Waals surface area contributed by atoms with Crippen molar-refractivity contribution in [2.24, 2.45) is 5.92 Å². The third-order valence-corrected chi connectivity index (χ3v) is 3.66. The maximum atomic E-state index is 12.0. The Morgan fingerprint density at radius 2 is 2.05 bits per heavy atom. The Morgan fingerprint density at radius 3 is 2.55 bits per heavy atom. The first-order valence-corrected chi connectivity index (χ1v) is 7.61. The predicted molar refractivity (Wildman–Crippen MR) is 82.6 cm³/mol. The summed E-state index contributed by atoms with van der Waals surface area (Å²) in [5.74, 6) is 0.419. The first-order chi connectivity index (χ1) is 10.2. The van der Waals surface area contributed by atoms with Crippen LogP contribution in [0.15, 0.2) is 12.4 Å². The first kappa shape index (κ1) is 16.8. The maximum absolute atomic E-state index is 12.0. The second-order valence-corrected chi connectivity index (χ2v) is 6.78. The second-order valence-electron chi connectivity index (χ2n) is 6.78. The van der Waals surface area contributed by atoms with E-state index in [9.17, 15) is 4.79 Å². The van der Waals surface area contributed by atoms with Gasteiger partial charge in [0.15, 0.2) is 0 Å². The lowest BCUT2D eigenvalue weighted by atomic mass is 9.83. The normalized spacial score (nSPS) is 16.7. The average molecular weight is 309 g/mol. The van der Waals surface area contributed by atoms with E-state index in [1.54, 1.807) is 15.8 Å². The fourth-order valence-corrected chi connectivity index (χ4v) is 2.50. The van der Waals surface area contributed by atoms with E-state index < -0.39 is 12.7 Å². The fourth-order valence-electron chi connectivity index (χ4n) is 2.50. The van der Waals surface area contributed by atoms with Gasteiger partial charge in [-0.3, -0.25) is 4.68 Å². The predicted octanol–water partition coefficient (Wildman–Crippen LogP) is 0.210. The molecular weight excluding hydrogens is 285 g/mol. The summed E-state index contributed by atoms with van der Waals surface area (Å²) in [6.45, 7) is 7.66. The lowest BCUT2D eigenvalue weighted by Crippen LogP contribution is -2.42. The number of hydrogen-bond acceptors (Lipinski definition) is 5. The van der Waals surface area contributed by atoms with Gasteiger partial charge < -0.3 is 19.7 Å². The third kappa shape index (κ3) is 4.74. The molecule has 0 bridgehead atoms. The highest BCUT2D eigenvalue weighted by molar-refractivity contribution is 6.58. The number of aromatic nitrogens is 2. The Bertz CT molecular complexity index is 504. The fraction of sp³-hybridized carbons (Fsp3) is 0.714. The van der Waals surface area contributed by atoms with E-state index in [0.29, 0.717) is 24.5 Å². The van der Waals surface area contributed by atoms with Crippen LogP contribution in [0.1, 0.15) is 33.6 Å². The molecule has 8 heteroatoms. The van der Waals surface area contributed by atoms with Crippen molar-refractivity contribution in [2.75, 3.05) is 13.1 Å². The minimum atomic E-state index is -1.48. The number of amides is 1. The zero-order valence-electron chi connectivity index (χ0n) is 13.4. The monoisotopic (exact) mass is 309 g/mol. The molecule has 1 aromatic heterocycles. The second kappa shape index (κ2) is 6.70. The van der Waals surface area contributed by atoms with Gasteiger partial charge in [-0.05, 0) is 39.5 Å². The molecule has 0 aliphatic carbocycles. The summed E-state index contributed by atoms with van der Waals surface area (Å²) in [6.07, 6.45) is 4.62. The van der Waals surface area contributed by atoms with E-state index in [0.717, 1.165) is 19.4 Å². The van der Waals surface area contributed by atoms with E-state index >= 15 is 0 Å². The summed E-state index contributed by atoms with van der Waals surface area (Å²) in [7, 11) is -1.48. The Balaban J connectivity index is 1.80. The smallest absolute Gasteiger partial charge is 0.444 e. The van der Waals surface area contributed by atoms with Crippen LogP contribution in [0, 0.1) is 5.92 Å². The molecule has 1 saturated heterocycles. The highest BCUT2D eigenvalue weighted by Crippen LogP contribution is 2.20. The molecule has 0 saturated carbocycles. The maximum Gasteiger partial charge on any atom is 0.491 e. The SMILES string of the molecule is CC(C)(C)OC(=O)N1CCC(Cn2cc(B(O)O)cn2)CC1. The molecule has 2 N–H and O–H groups in total. The van der Waals surface area contributed by atoms with Gasteiger partial charge in [0.05, 0.1) is 0 Å². The van der Waals surface area contributed by atoms with E-state index in [4.69, 9.17) is 14.8 Å². The van der Waals surface area contributed by atoms with Gasteiger partial charge in [-0.15, -0.1) is 0 Å². The number of likely N-dealkylation sites (tertiary alicyclic amines) is 1. The van der Waals surface area contributed by atoms with E-state index in [1.165, 1.54) is 6.20 Å². The summed E-state index contributed by atoms with van der Waals surface area (Å²) in [5, 5.41) is 22.3. The van der Waals surface area contributed by atoms with Gasteiger partial charge in [0.25, 0.3) is 0 Å². The number of carbonyl (C=O) groups excluding carboxylic acids is 1. The van der Waals surface area contributed by atoms with Crippen molar-refractivity contribution in [1.29, 1.82) is 0 Å². The molecule has 2 heterocycles. The molecule has 0 atom stereocenters. The molecule has 7 nitrogen and oxygen atoms in total. The van der Waals surface area contributed by atoms with Crippen molar-refractivity contribution in [3.05, 3.63) is 12.4 Å². The number of ether oxygens (including phenoxy) is 1. The molecule has 1 fully saturated rings. The largest absolute Gasteiger partial charge is 0.491 e. The highest BCUT2D eigenvalue weighted by Gasteiger charge is 2.27. The van der Waals surface area contributed by atoms with Gasteiger partial charge in [0.1, 0.15) is 5.60 Å². The van der Waals surface area contributed by atoms with Gasteiger partial charge in [-0.1, -0.05) is 0 Å². The Morgan fingerprint density at radius 1 is 1.41 bits per heavy atom. The standard InChI is InChI=1S/C14H24BN3O4/c1-14(2,3)22-13(19)17-6-4-11(5-7-17)9-18-10-12(8-16-18)15(20)21/h8,10-11,20-21H,4-7,9H2,1-3H3. The molecular formula is C14H24BN3O4. The van der Waals surface area contributed by atoms with Crippen molar-refractivity contribution in [2.45, 2.75) is 45.8 Å². The summed E-state index contributed by atoms with van der Waals surface area (Å²) in [6, 6.07) is 0. The summed E-state index contributed by atoms with van der Waals surface area (Å²) in [4.78, 5) is 13.7. The van der Waals surface area contributed by atoms with E-state index in [2.05, 4.69) is 5.10 Å². The first-order valence-electron chi connectivity index (χ1n) is 7.61. The van der Waals surface area contributed by atoms with Crippen molar-refractivity contribution in [3.63, 3.8) is 0 Å².